The highest BCUT2D eigenvalue weighted by molar-refractivity contribution is 5.94. The van der Waals surface area contributed by atoms with Gasteiger partial charge in [-0.3, -0.25) is 19.4 Å². The lowest BCUT2D eigenvalue weighted by Gasteiger charge is -2.37. The molecular weight excluding hydrogens is 536 g/mol. The van der Waals surface area contributed by atoms with Crippen molar-refractivity contribution in [3.63, 3.8) is 0 Å². The second-order valence-electron chi connectivity index (χ2n) is 11.6. The number of likely N-dealkylation sites (tertiary alicyclic amines) is 1. The van der Waals surface area contributed by atoms with Gasteiger partial charge in [0.15, 0.2) is 0 Å². The van der Waals surface area contributed by atoms with Crippen LogP contribution >= 0.6 is 0 Å². The fraction of sp³-hybridized carbons (Fsp3) is 0.400. The van der Waals surface area contributed by atoms with Gasteiger partial charge in [-0.05, 0) is 91.5 Å². The Kier molecular flexibility index (Phi) is 6.69. The van der Waals surface area contributed by atoms with Crippen LogP contribution in [0.1, 0.15) is 75.0 Å². The number of nitrogens with zero attached hydrogens (tertiary/aromatic N) is 3. The third-order valence-electron chi connectivity index (χ3n) is 9.02. The first-order valence-electron chi connectivity index (χ1n) is 14.1. The normalized spacial score (nSPS) is 22.2. The Labute approximate surface area is 241 Å². The second-order valence-corrected chi connectivity index (χ2v) is 11.6. The zero-order valence-electron chi connectivity index (χ0n) is 23.1. The Hall–Kier alpha value is -4.76. The van der Waals surface area contributed by atoms with Crippen molar-refractivity contribution < 1.29 is 14.4 Å². The lowest BCUT2D eigenvalue weighted by atomic mass is 9.67. The number of carbonyl (C=O) groups is 3. The van der Waals surface area contributed by atoms with Gasteiger partial charge in [0.25, 0.3) is 0 Å². The molecule has 1 saturated carbocycles. The zero-order chi connectivity index (χ0) is 29.8. The number of hydrogen-bond donors (Lipinski definition) is 5. The average molecular weight is 569 g/mol. The first-order valence-corrected chi connectivity index (χ1v) is 14.1. The van der Waals surface area contributed by atoms with Gasteiger partial charge in [0.1, 0.15) is 11.9 Å². The summed E-state index contributed by atoms with van der Waals surface area (Å²) in [5.74, 6) is -0.443. The molecule has 1 aromatic heterocycles. The number of fused-ring (bicyclic) bond motifs is 3. The molecule has 12 heteroatoms. The van der Waals surface area contributed by atoms with Crippen LogP contribution in [0, 0.1) is 17.2 Å². The number of aromatic nitrogens is 3. The van der Waals surface area contributed by atoms with Crippen molar-refractivity contribution in [2.24, 2.45) is 17.4 Å². The number of nitrogens with two attached hydrogens (primary N) is 2. The van der Waals surface area contributed by atoms with Crippen LogP contribution in [-0.4, -0.2) is 62.5 Å². The summed E-state index contributed by atoms with van der Waals surface area (Å²) in [6.07, 6.45) is 3.11. The lowest BCUT2D eigenvalue weighted by Crippen LogP contribution is -2.46. The van der Waals surface area contributed by atoms with Crippen molar-refractivity contribution in [2.75, 3.05) is 6.54 Å². The molecule has 4 atom stereocenters. The molecule has 0 spiro atoms. The summed E-state index contributed by atoms with van der Waals surface area (Å²) < 4.78 is 0. The standard InChI is InChI=1S/C30H32N8O4/c1-15(34-14-25(39)38-21(13-31)10-20-11-24(20)38)12-30(28-35-29(42)37-36-28)22-6-4-18(26(32)40)8-16(22)2-3-17-9-19(27(33)41)5-7-23(17)30/h4-9,15,20-21,24,34H,2-3,10-12,14H2,1H3,(H2,32,40)(H2,33,41)(H2,35,36,37,42)/t15-,20-,21?,24+/m1/s1. The van der Waals surface area contributed by atoms with Crippen LogP contribution in [0.15, 0.2) is 41.2 Å². The van der Waals surface area contributed by atoms with Crippen LogP contribution in [-0.2, 0) is 23.1 Å². The van der Waals surface area contributed by atoms with Crippen molar-refractivity contribution in [2.45, 2.75) is 62.6 Å². The third kappa shape index (κ3) is 4.55. The Morgan fingerprint density at radius 1 is 1.10 bits per heavy atom. The molecular formula is C30H32N8O4. The predicted octanol–water partition coefficient (Wildman–Crippen LogP) is 0.610. The van der Waals surface area contributed by atoms with Gasteiger partial charge in [0, 0.05) is 23.2 Å². The molecule has 3 amide bonds. The van der Waals surface area contributed by atoms with E-state index in [0.717, 1.165) is 35.1 Å². The Morgan fingerprint density at radius 3 is 2.24 bits per heavy atom. The van der Waals surface area contributed by atoms with Gasteiger partial charge in [-0.1, -0.05) is 12.1 Å². The minimum atomic E-state index is -1.04. The molecule has 1 unspecified atom stereocenters. The van der Waals surface area contributed by atoms with Gasteiger partial charge in [0.2, 0.25) is 17.7 Å². The molecule has 1 aliphatic heterocycles. The number of nitrogens with one attached hydrogen (secondary N) is 3. The van der Waals surface area contributed by atoms with Gasteiger partial charge in [-0.15, -0.1) is 0 Å². The lowest BCUT2D eigenvalue weighted by molar-refractivity contribution is -0.131. The average Bonchev–Trinajstić information content (AvgIpc) is 3.46. The molecule has 2 heterocycles. The Morgan fingerprint density at radius 2 is 1.71 bits per heavy atom. The largest absolute Gasteiger partial charge is 0.366 e. The van der Waals surface area contributed by atoms with E-state index < -0.39 is 29.0 Å². The van der Waals surface area contributed by atoms with E-state index in [0.29, 0.717) is 42.1 Å². The monoisotopic (exact) mass is 568 g/mol. The number of rotatable bonds is 8. The number of piperidine rings is 1. The molecule has 7 N–H and O–H groups in total. The molecule has 0 radical (unpaired) electrons. The maximum Gasteiger partial charge on any atom is 0.340 e. The molecule has 216 valence electrons. The number of aryl methyl sites for hydroxylation is 2. The van der Waals surface area contributed by atoms with E-state index in [4.69, 9.17) is 11.5 Å². The van der Waals surface area contributed by atoms with Crippen molar-refractivity contribution in [3.8, 4) is 6.07 Å². The van der Waals surface area contributed by atoms with E-state index in [1.165, 1.54) is 0 Å². The number of primary amides is 2. The van der Waals surface area contributed by atoms with Gasteiger partial charge in [0.05, 0.1) is 18.0 Å². The summed E-state index contributed by atoms with van der Waals surface area (Å²) in [6, 6.07) is 12.3. The number of carbonyl (C=O) groups excluding carboxylic acids is 3. The number of amides is 3. The molecule has 2 aromatic carbocycles. The highest BCUT2D eigenvalue weighted by atomic mass is 16.2. The summed E-state index contributed by atoms with van der Waals surface area (Å²) in [5.41, 5.74) is 13.8. The SMILES string of the molecule is C[C@H](CC1(c2n[nH]c(=O)[nH]2)c2ccc(C(N)=O)cc2CCc2cc(C(N)=O)ccc21)NCC(=O)N1C(C#N)C[C@@H]2C[C@@H]21. The second kappa shape index (κ2) is 10.3. The van der Waals surface area contributed by atoms with E-state index in [9.17, 15) is 24.4 Å². The molecule has 1 saturated heterocycles. The molecule has 2 aliphatic carbocycles. The number of nitriles is 1. The van der Waals surface area contributed by atoms with E-state index in [-0.39, 0.29) is 24.5 Å². The van der Waals surface area contributed by atoms with Crippen molar-refractivity contribution in [1.29, 1.82) is 5.26 Å². The molecule has 3 aromatic rings. The van der Waals surface area contributed by atoms with E-state index in [1.54, 1.807) is 29.2 Å². The van der Waals surface area contributed by atoms with Crippen LogP contribution in [0.25, 0.3) is 0 Å². The molecule has 42 heavy (non-hydrogen) atoms. The summed E-state index contributed by atoms with van der Waals surface area (Å²) >= 11 is 0. The first kappa shape index (κ1) is 27.4. The number of hydrogen-bond acceptors (Lipinski definition) is 7. The fourth-order valence-corrected chi connectivity index (χ4v) is 7.01. The van der Waals surface area contributed by atoms with Crippen LogP contribution in [0.2, 0.25) is 0 Å². The molecule has 0 bridgehead atoms. The zero-order valence-corrected chi connectivity index (χ0v) is 23.1. The van der Waals surface area contributed by atoms with Crippen LogP contribution in [0.5, 0.6) is 0 Å². The minimum absolute atomic E-state index is 0.0523. The van der Waals surface area contributed by atoms with Crippen LogP contribution in [0.3, 0.4) is 0 Å². The Bertz CT molecular complexity index is 1640. The molecule has 12 nitrogen and oxygen atoms in total. The minimum Gasteiger partial charge on any atom is -0.366 e. The number of benzene rings is 2. The summed E-state index contributed by atoms with van der Waals surface area (Å²) in [5, 5.41) is 19.8. The third-order valence-corrected chi connectivity index (χ3v) is 9.02. The summed E-state index contributed by atoms with van der Waals surface area (Å²) in [7, 11) is 0. The van der Waals surface area contributed by atoms with Crippen molar-refractivity contribution >= 4 is 17.7 Å². The summed E-state index contributed by atoms with van der Waals surface area (Å²) in [6.45, 7) is 2.00. The number of aromatic amines is 2. The number of H-pyrrole nitrogens is 2. The van der Waals surface area contributed by atoms with Crippen molar-refractivity contribution in [3.05, 3.63) is 86.1 Å². The Balaban J connectivity index is 1.43. The van der Waals surface area contributed by atoms with Crippen LogP contribution < -0.4 is 22.5 Å². The van der Waals surface area contributed by atoms with E-state index in [2.05, 4.69) is 26.6 Å². The predicted molar refractivity (Wildman–Crippen MR) is 151 cm³/mol. The maximum atomic E-state index is 13.2. The van der Waals surface area contributed by atoms with Gasteiger partial charge >= 0.3 is 5.69 Å². The van der Waals surface area contributed by atoms with E-state index in [1.807, 2.05) is 19.1 Å². The van der Waals surface area contributed by atoms with Crippen molar-refractivity contribution in [1.82, 2.24) is 25.4 Å². The fourth-order valence-electron chi connectivity index (χ4n) is 7.01. The molecule has 3 aliphatic rings. The maximum absolute atomic E-state index is 13.2. The van der Waals surface area contributed by atoms with Crippen LogP contribution in [0.4, 0.5) is 0 Å². The topological polar surface area (TPSA) is 204 Å². The van der Waals surface area contributed by atoms with Gasteiger partial charge < -0.3 is 21.7 Å². The smallest absolute Gasteiger partial charge is 0.340 e. The highest BCUT2D eigenvalue weighted by Crippen LogP contribution is 2.48. The quantitative estimate of drug-likeness (QED) is 0.262. The first-order chi connectivity index (χ1) is 20.1. The molecule has 6 rings (SSSR count). The summed E-state index contributed by atoms with van der Waals surface area (Å²) in [4.78, 5) is 54.4. The molecule has 2 fully saturated rings. The van der Waals surface area contributed by atoms with Gasteiger partial charge in [-0.2, -0.15) is 10.4 Å². The van der Waals surface area contributed by atoms with E-state index >= 15 is 0 Å². The highest BCUT2D eigenvalue weighted by Gasteiger charge is 2.54. The van der Waals surface area contributed by atoms with Gasteiger partial charge in [-0.25, -0.2) is 9.89 Å².